The van der Waals surface area contributed by atoms with Crippen molar-refractivity contribution in [2.45, 2.75) is 0 Å². The fraction of sp³-hybridized carbons (Fsp3) is 0. The molecule has 6 heteroatoms. The van der Waals surface area contributed by atoms with Crippen molar-refractivity contribution in [1.29, 1.82) is 0 Å². The highest BCUT2D eigenvalue weighted by molar-refractivity contribution is 7.25. The summed E-state index contributed by atoms with van der Waals surface area (Å²) >= 11 is 1.63. The fourth-order valence-electron chi connectivity index (χ4n) is 8.46. The Morgan fingerprint density at radius 2 is 1.13 bits per heavy atom. The van der Waals surface area contributed by atoms with Gasteiger partial charge in [0.15, 0.2) is 17.5 Å². The minimum Gasteiger partial charge on any atom is -0.456 e. The van der Waals surface area contributed by atoms with Crippen molar-refractivity contribution in [3.05, 3.63) is 206 Å². The summed E-state index contributed by atoms with van der Waals surface area (Å²) in [6.07, 6.45) is 0. The van der Waals surface area contributed by atoms with E-state index in [1.165, 1.54) is 16.7 Å². The SMILES string of the molecule is [2H]c1cc([2H])c(-c2c([2H])c([2H])c([2H])c3c2c2cccc([2H])c2n3-c2cc3c(oc4c([2H])c([2H])c([2H])c(-c5nc(-c6ccccc6)nc(-c6ccc7c(c6)sc6cc(-c8ccccc8)ccc67)n5)c43)c([2H])c2[2H])c([2H])c1[2H]. The first-order chi connectivity index (χ1) is 36.6. The monoisotopic (exact) mass is 835 g/mol. The second-order valence-electron chi connectivity index (χ2n) is 14.9. The number of hydrogen-bond acceptors (Lipinski definition) is 5. The highest BCUT2D eigenvalue weighted by atomic mass is 32.1. The number of furan rings is 1. The van der Waals surface area contributed by atoms with Crippen LogP contribution >= 0.6 is 11.3 Å². The summed E-state index contributed by atoms with van der Waals surface area (Å²) in [6, 6.07) is 33.0. The fourth-order valence-corrected chi connectivity index (χ4v) is 9.64. The quantitative estimate of drug-likeness (QED) is 0.167. The zero-order chi connectivity index (χ0) is 52.7. The van der Waals surface area contributed by atoms with Crippen molar-refractivity contribution >= 4 is 75.3 Å². The molecule has 0 bridgehead atoms. The number of thiophene rings is 1. The Kier molecular flexibility index (Phi) is 5.62. The van der Waals surface area contributed by atoms with E-state index in [-0.39, 0.29) is 102 Å². The molecule has 4 heterocycles. The molecule has 0 radical (unpaired) electrons. The van der Waals surface area contributed by atoms with Gasteiger partial charge in [0.1, 0.15) is 11.2 Å². The normalized spacial score (nSPS) is 14.7. The Morgan fingerprint density at radius 1 is 0.413 bits per heavy atom. The molecule has 0 saturated carbocycles. The molecule has 0 fully saturated rings. The summed E-state index contributed by atoms with van der Waals surface area (Å²) in [4.78, 5) is 14.9. The first-order valence-corrected chi connectivity index (χ1v) is 20.8. The molecule has 294 valence electrons. The van der Waals surface area contributed by atoms with Crippen LogP contribution in [0.1, 0.15) is 17.8 Å². The molecule has 63 heavy (non-hydrogen) atoms. The van der Waals surface area contributed by atoms with Crippen LogP contribution in [0.25, 0.3) is 126 Å². The van der Waals surface area contributed by atoms with Gasteiger partial charge in [-0.05, 0) is 70.7 Å². The Balaban J connectivity index is 1.09. The maximum absolute atomic E-state index is 9.56. The van der Waals surface area contributed by atoms with Crippen molar-refractivity contribution in [1.82, 2.24) is 19.5 Å². The zero-order valence-electron chi connectivity index (χ0n) is 45.7. The highest BCUT2D eigenvalue weighted by Crippen LogP contribution is 2.43. The second-order valence-corrected chi connectivity index (χ2v) is 16.0. The molecular weight excluding hydrogens is 789 g/mol. The summed E-state index contributed by atoms with van der Waals surface area (Å²) in [5.41, 5.74) is 2.61. The molecule has 4 aromatic heterocycles. The smallest absolute Gasteiger partial charge is 0.164 e. The molecule has 0 aliphatic rings. The summed E-state index contributed by atoms with van der Waals surface area (Å²) in [6.45, 7) is 0. The second kappa shape index (κ2) is 14.2. The van der Waals surface area contributed by atoms with Crippen LogP contribution in [0.4, 0.5) is 0 Å². The van der Waals surface area contributed by atoms with Crippen LogP contribution < -0.4 is 0 Å². The number of para-hydroxylation sites is 1. The van der Waals surface area contributed by atoms with E-state index in [1.807, 2.05) is 66.7 Å². The van der Waals surface area contributed by atoms with E-state index in [4.69, 9.17) is 29.0 Å². The summed E-state index contributed by atoms with van der Waals surface area (Å²) < 4.78 is 128. The molecule has 0 N–H and O–H groups in total. The van der Waals surface area contributed by atoms with Gasteiger partial charge in [-0.1, -0.05) is 158 Å². The number of fused-ring (bicyclic) bond motifs is 9. The van der Waals surface area contributed by atoms with Gasteiger partial charge in [0.05, 0.1) is 28.9 Å². The summed E-state index contributed by atoms with van der Waals surface area (Å²) in [5, 5.41) is 2.64. The summed E-state index contributed by atoms with van der Waals surface area (Å²) in [5.74, 6) is 0.450. The van der Waals surface area contributed by atoms with Crippen LogP contribution in [0.15, 0.2) is 210 Å². The lowest BCUT2D eigenvalue weighted by atomic mass is 9.99. The van der Waals surface area contributed by atoms with Crippen LogP contribution in [0.5, 0.6) is 0 Å². The predicted molar refractivity (Wildman–Crippen MR) is 262 cm³/mol. The first kappa shape index (κ1) is 24.9. The van der Waals surface area contributed by atoms with Crippen LogP contribution in [-0.2, 0) is 0 Å². The minimum absolute atomic E-state index is 0.0239. The third kappa shape index (κ3) is 5.80. The number of aromatic nitrogens is 4. The first-order valence-electron chi connectivity index (χ1n) is 26.5. The van der Waals surface area contributed by atoms with Crippen molar-refractivity contribution in [3.63, 3.8) is 0 Å². The Hall–Kier alpha value is -8.19. The van der Waals surface area contributed by atoms with Gasteiger partial charge < -0.3 is 8.98 Å². The average Bonchev–Trinajstić information content (AvgIpc) is 4.31. The number of hydrogen-bond donors (Lipinski definition) is 0. The van der Waals surface area contributed by atoms with Crippen molar-refractivity contribution in [2.24, 2.45) is 0 Å². The number of benzene rings is 9. The molecule has 0 amide bonds. The molecule has 5 nitrogen and oxygen atoms in total. The zero-order valence-corrected chi connectivity index (χ0v) is 33.5. The van der Waals surface area contributed by atoms with E-state index in [9.17, 15) is 8.22 Å². The van der Waals surface area contributed by atoms with Crippen molar-refractivity contribution in [2.75, 3.05) is 0 Å². The van der Waals surface area contributed by atoms with E-state index >= 15 is 0 Å². The lowest BCUT2D eigenvalue weighted by Crippen LogP contribution is -2.00. The van der Waals surface area contributed by atoms with E-state index in [2.05, 4.69) is 30.3 Å². The number of nitrogens with zero attached hydrogens (tertiary/aromatic N) is 4. The molecule has 0 aliphatic heterocycles. The van der Waals surface area contributed by atoms with E-state index in [1.54, 1.807) is 23.5 Å². The molecule has 9 aromatic carbocycles. The average molecular weight is 836 g/mol. The van der Waals surface area contributed by atoms with Crippen molar-refractivity contribution in [3.8, 4) is 62.1 Å². The van der Waals surface area contributed by atoms with Crippen LogP contribution in [0.3, 0.4) is 0 Å². The van der Waals surface area contributed by atoms with Gasteiger partial charge in [0, 0.05) is 64.1 Å². The predicted octanol–water partition coefficient (Wildman–Crippen LogP) is 15.6. The highest BCUT2D eigenvalue weighted by Gasteiger charge is 2.21. The van der Waals surface area contributed by atoms with E-state index < -0.39 is 60.4 Å². The molecule has 0 spiro atoms. The maximum atomic E-state index is 9.56. The number of rotatable bonds is 6. The van der Waals surface area contributed by atoms with Gasteiger partial charge in [-0.3, -0.25) is 0 Å². The lowest BCUT2D eigenvalue weighted by molar-refractivity contribution is 0.669. The van der Waals surface area contributed by atoms with Crippen molar-refractivity contribution < 1.29 is 22.2 Å². The van der Waals surface area contributed by atoms with Gasteiger partial charge in [-0.25, -0.2) is 15.0 Å². The molecular formula is C57H34N4OS. The molecule has 0 aliphatic carbocycles. The summed E-state index contributed by atoms with van der Waals surface area (Å²) in [7, 11) is 0. The van der Waals surface area contributed by atoms with Gasteiger partial charge in [0.2, 0.25) is 0 Å². The van der Waals surface area contributed by atoms with Crippen LogP contribution in [0.2, 0.25) is 0 Å². The topological polar surface area (TPSA) is 56.7 Å². The molecule has 0 saturated heterocycles. The largest absolute Gasteiger partial charge is 0.456 e. The molecule has 0 unspecified atom stereocenters. The minimum atomic E-state index is -0.614. The van der Waals surface area contributed by atoms with E-state index in [0.29, 0.717) is 11.1 Å². The van der Waals surface area contributed by atoms with Crippen LogP contribution in [-0.4, -0.2) is 19.5 Å². The maximum Gasteiger partial charge on any atom is 0.164 e. The Bertz CT molecular complexity index is 4690. The van der Waals surface area contributed by atoms with Gasteiger partial charge in [-0.2, -0.15) is 0 Å². The standard InChI is InChI=1S/C57H34N4OS/c1-4-14-35(15-5-1)38-26-29-42-43-30-27-39(33-52(43)63-51(42)32-38)56-58-55(37-18-8-3-9-19-37)59-57(60-56)45-22-13-25-50-54(45)46-34-40(28-31-49(46)62-50)61-47-23-11-10-20-44(47)53-41(21-12-24-48(53)61)36-16-6-2-7-17-36/h1-34H/i2D,6D,12D,13D,16D,17D,21D,22D,23D,24D,25D,28D,31D. The molecule has 13 aromatic rings. The lowest BCUT2D eigenvalue weighted by Gasteiger charge is -2.10. The third-order valence-electron chi connectivity index (χ3n) is 11.3. The third-order valence-corrected chi connectivity index (χ3v) is 12.4. The van der Waals surface area contributed by atoms with Gasteiger partial charge in [0.25, 0.3) is 0 Å². The Morgan fingerprint density at radius 3 is 1.97 bits per heavy atom. The molecule has 0 atom stereocenters. The van der Waals surface area contributed by atoms with E-state index in [0.717, 1.165) is 37.4 Å². The van der Waals surface area contributed by atoms with Gasteiger partial charge in [-0.15, -0.1) is 11.3 Å². The molecule has 13 rings (SSSR count). The Labute approximate surface area is 384 Å². The van der Waals surface area contributed by atoms with Gasteiger partial charge >= 0.3 is 0 Å². The van der Waals surface area contributed by atoms with Crippen LogP contribution in [0, 0.1) is 0 Å².